The Balaban J connectivity index is 1.72. The molecule has 0 atom stereocenters. The molecule has 0 unspecified atom stereocenters. The summed E-state index contributed by atoms with van der Waals surface area (Å²) in [5.41, 5.74) is 0.765. The van der Waals surface area contributed by atoms with E-state index in [4.69, 9.17) is 4.74 Å². The number of hydrogen-bond acceptors (Lipinski definition) is 6. The Morgan fingerprint density at radius 3 is 2.27 bits per heavy atom. The van der Waals surface area contributed by atoms with Gasteiger partial charge < -0.3 is 9.64 Å². The molecule has 26 heavy (non-hydrogen) atoms. The molecular weight excluding hydrogens is 358 g/mol. The molecule has 1 saturated heterocycles. The minimum atomic E-state index is -3.75. The second-order valence-electron chi connectivity index (χ2n) is 5.84. The molecular formula is C17H19N3O5S. The van der Waals surface area contributed by atoms with Gasteiger partial charge in [-0.1, -0.05) is 6.07 Å². The average molecular weight is 377 g/mol. The van der Waals surface area contributed by atoms with Gasteiger partial charge in [0.1, 0.15) is 5.75 Å². The maximum Gasteiger partial charge on any atom is 0.270 e. The summed E-state index contributed by atoms with van der Waals surface area (Å²) in [7, 11) is -2.15. The molecule has 2 aromatic carbocycles. The molecule has 0 spiro atoms. The van der Waals surface area contributed by atoms with Gasteiger partial charge in [-0.15, -0.1) is 0 Å². The van der Waals surface area contributed by atoms with Crippen LogP contribution in [0.4, 0.5) is 11.4 Å². The Kier molecular flexibility index (Phi) is 5.10. The number of sulfonamides is 1. The second-order valence-corrected chi connectivity index (χ2v) is 7.78. The van der Waals surface area contributed by atoms with Crippen LogP contribution in [-0.2, 0) is 10.0 Å². The molecule has 8 nitrogen and oxygen atoms in total. The Morgan fingerprint density at radius 1 is 1.04 bits per heavy atom. The highest BCUT2D eigenvalue weighted by molar-refractivity contribution is 7.89. The zero-order chi connectivity index (χ0) is 18.7. The molecule has 9 heteroatoms. The molecule has 138 valence electrons. The lowest BCUT2D eigenvalue weighted by Crippen LogP contribution is -2.48. The van der Waals surface area contributed by atoms with Crippen LogP contribution in [0.1, 0.15) is 0 Å². The normalized spacial score (nSPS) is 15.7. The first-order valence-electron chi connectivity index (χ1n) is 8.05. The van der Waals surface area contributed by atoms with Crippen LogP contribution in [0, 0.1) is 10.1 Å². The maximum atomic E-state index is 12.8. The number of ether oxygens (including phenoxy) is 1. The van der Waals surface area contributed by atoms with Crippen molar-refractivity contribution >= 4 is 21.4 Å². The third-order valence-corrected chi connectivity index (χ3v) is 6.24. The van der Waals surface area contributed by atoms with E-state index in [1.807, 2.05) is 24.3 Å². The number of methoxy groups -OCH3 is 1. The van der Waals surface area contributed by atoms with Gasteiger partial charge in [0.25, 0.3) is 5.69 Å². The van der Waals surface area contributed by atoms with Crippen molar-refractivity contribution in [3.05, 3.63) is 58.6 Å². The topological polar surface area (TPSA) is 93.0 Å². The fraction of sp³-hybridized carbons (Fsp3) is 0.294. The number of nitrogens with zero attached hydrogens (tertiary/aromatic N) is 3. The van der Waals surface area contributed by atoms with Crippen LogP contribution >= 0.6 is 0 Å². The molecule has 0 saturated carbocycles. The van der Waals surface area contributed by atoms with Gasteiger partial charge in [0.15, 0.2) is 0 Å². The zero-order valence-electron chi connectivity index (χ0n) is 14.2. The van der Waals surface area contributed by atoms with Gasteiger partial charge in [0.05, 0.1) is 16.9 Å². The molecule has 0 amide bonds. The molecule has 1 aliphatic rings. The number of anilines is 1. The molecule has 3 rings (SSSR count). The standard InChI is InChI=1S/C17H19N3O5S/c1-25-16-7-5-14(6-8-16)18-9-11-19(12-10-18)26(23,24)17-4-2-3-15(13-17)20(21)22/h2-8,13H,9-12H2,1H3. The van der Waals surface area contributed by atoms with Crippen molar-refractivity contribution in [1.29, 1.82) is 0 Å². The van der Waals surface area contributed by atoms with Gasteiger partial charge in [0, 0.05) is 44.0 Å². The third-order valence-electron chi connectivity index (χ3n) is 4.34. The first-order valence-corrected chi connectivity index (χ1v) is 9.49. The number of nitro groups is 1. The first kappa shape index (κ1) is 18.2. The van der Waals surface area contributed by atoms with Crippen LogP contribution in [0.25, 0.3) is 0 Å². The van der Waals surface area contributed by atoms with E-state index in [1.165, 1.54) is 22.5 Å². The van der Waals surface area contributed by atoms with Gasteiger partial charge in [-0.2, -0.15) is 4.31 Å². The zero-order valence-corrected chi connectivity index (χ0v) is 15.1. The van der Waals surface area contributed by atoms with Crippen LogP contribution in [0.2, 0.25) is 0 Å². The van der Waals surface area contributed by atoms with E-state index in [2.05, 4.69) is 4.90 Å². The first-order chi connectivity index (χ1) is 12.4. The van der Waals surface area contributed by atoms with Crippen molar-refractivity contribution in [3.8, 4) is 5.75 Å². The van der Waals surface area contributed by atoms with Crippen molar-refractivity contribution in [2.45, 2.75) is 4.90 Å². The van der Waals surface area contributed by atoms with Crippen LogP contribution in [0.15, 0.2) is 53.4 Å². The molecule has 1 aliphatic heterocycles. The van der Waals surface area contributed by atoms with Crippen molar-refractivity contribution in [2.24, 2.45) is 0 Å². The molecule has 0 radical (unpaired) electrons. The number of nitro benzene ring substituents is 1. The largest absolute Gasteiger partial charge is 0.497 e. The van der Waals surface area contributed by atoms with Gasteiger partial charge in [0.2, 0.25) is 10.0 Å². The van der Waals surface area contributed by atoms with Crippen molar-refractivity contribution in [1.82, 2.24) is 4.31 Å². The highest BCUT2D eigenvalue weighted by Crippen LogP contribution is 2.24. The maximum absolute atomic E-state index is 12.8. The predicted octanol–water partition coefficient (Wildman–Crippen LogP) is 2.11. The summed E-state index contributed by atoms with van der Waals surface area (Å²) in [6, 6.07) is 12.7. The van der Waals surface area contributed by atoms with E-state index < -0.39 is 14.9 Å². The minimum absolute atomic E-state index is 0.0513. The van der Waals surface area contributed by atoms with Crippen LogP contribution < -0.4 is 9.64 Å². The smallest absolute Gasteiger partial charge is 0.270 e. The minimum Gasteiger partial charge on any atom is -0.497 e. The van der Waals surface area contributed by atoms with Crippen LogP contribution in [0.5, 0.6) is 5.75 Å². The van der Waals surface area contributed by atoms with E-state index in [1.54, 1.807) is 7.11 Å². The lowest BCUT2D eigenvalue weighted by Gasteiger charge is -2.35. The number of benzene rings is 2. The molecule has 1 fully saturated rings. The Morgan fingerprint density at radius 2 is 1.69 bits per heavy atom. The highest BCUT2D eigenvalue weighted by Gasteiger charge is 2.29. The number of hydrogen-bond donors (Lipinski definition) is 0. The fourth-order valence-corrected chi connectivity index (χ4v) is 4.35. The monoisotopic (exact) mass is 377 g/mol. The fourth-order valence-electron chi connectivity index (χ4n) is 2.89. The summed E-state index contributed by atoms with van der Waals surface area (Å²) < 4.78 is 32.0. The number of piperazine rings is 1. The molecule has 0 N–H and O–H groups in total. The molecule has 1 heterocycles. The summed E-state index contributed by atoms with van der Waals surface area (Å²) in [5.74, 6) is 0.764. The van der Waals surface area contributed by atoms with E-state index in [9.17, 15) is 18.5 Å². The number of rotatable bonds is 5. The van der Waals surface area contributed by atoms with Crippen molar-refractivity contribution < 1.29 is 18.1 Å². The second kappa shape index (κ2) is 7.30. The van der Waals surface area contributed by atoms with Crippen LogP contribution in [-0.4, -0.2) is 50.9 Å². The quantitative estimate of drug-likeness (QED) is 0.585. The summed E-state index contributed by atoms with van der Waals surface area (Å²) in [6.07, 6.45) is 0. The van der Waals surface area contributed by atoms with Crippen LogP contribution in [0.3, 0.4) is 0 Å². The average Bonchev–Trinajstić information content (AvgIpc) is 2.68. The van der Waals surface area contributed by atoms with E-state index >= 15 is 0 Å². The van der Waals surface area contributed by atoms with E-state index in [-0.39, 0.29) is 10.6 Å². The summed E-state index contributed by atoms with van der Waals surface area (Å²) in [4.78, 5) is 12.3. The van der Waals surface area contributed by atoms with E-state index in [0.29, 0.717) is 26.2 Å². The molecule has 0 bridgehead atoms. The Hall–Kier alpha value is -2.65. The van der Waals surface area contributed by atoms with Gasteiger partial charge in [-0.25, -0.2) is 8.42 Å². The van der Waals surface area contributed by atoms with Crippen molar-refractivity contribution in [2.75, 3.05) is 38.2 Å². The SMILES string of the molecule is COc1ccc(N2CCN(S(=O)(=O)c3cccc([N+](=O)[O-])c3)CC2)cc1. The highest BCUT2D eigenvalue weighted by atomic mass is 32.2. The summed E-state index contributed by atoms with van der Waals surface area (Å²) in [5, 5.41) is 10.9. The lowest BCUT2D eigenvalue weighted by atomic mass is 10.2. The van der Waals surface area contributed by atoms with Crippen molar-refractivity contribution in [3.63, 3.8) is 0 Å². The molecule has 0 aliphatic carbocycles. The molecule has 0 aromatic heterocycles. The van der Waals surface area contributed by atoms with Gasteiger partial charge in [-0.05, 0) is 30.3 Å². The third kappa shape index (κ3) is 3.63. The van der Waals surface area contributed by atoms with E-state index in [0.717, 1.165) is 17.5 Å². The predicted molar refractivity (Wildman–Crippen MR) is 97.1 cm³/mol. The summed E-state index contributed by atoms with van der Waals surface area (Å²) in [6.45, 7) is 1.72. The Bertz CT molecular complexity index is 891. The van der Waals surface area contributed by atoms with Gasteiger partial charge in [-0.3, -0.25) is 10.1 Å². The summed E-state index contributed by atoms with van der Waals surface area (Å²) >= 11 is 0. The lowest BCUT2D eigenvalue weighted by molar-refractivity contribution is -0.385. The van der Waals surface area contributed by atoms with Gasteiger partial charge >= 0.3 is 0 Å². The Labute approximate surface area is 151 Å². The number of non-ortho nitro benzene ring substituents is 1. The molecule has 2 aromatic rings.